The molecule has 1 atom stereocenters. The highest BCUT2D eigenvalue weighted by atomic mass is 35.5. The van der Waals surface area contributed by atoms with E-state index < -0.39 is 22.8 Å². The van der Waals surface area contributed by atoms with Crippen molar-refractivity contribution in [3.63, 3.8) is 0 Å². The van der Waals surface area contributed by atoms with Crippen molar-refractivity contribution in [3.8, 4) is 0 Å². The smallest absolute Gasteiger partial charge is 0.186 e. The number of halogens is 4. The molecule has 1 nitrogen and oxygen atoms in total. The molecule has 0 aliphatic heterocycles. The van der Waals surface area contributed by atoms with Gasteiger partial charge in [0.05, 0.1) is 5.02 Å². The summed E-state index contributed by atoms with van der Waals surface area (Å²) in [4.78, 5) is 12.1. The van der Waals surface area contributed by atoms with Crippen LogP contribution in [-0.4, -0.2) is 5.78 Å². The average Bonchev–Trinajstić information content (AvgIpc) is 2.38. The van der Waals surface area contributed by atoms with Crippen molar-refractivity contribution in [3.05, 3.63) is 70.2 Å². The highest BCUT2D eigenvalue weighted by Crippen LogP contribution is 2.28. The van der Waals surface area contributed by atoms with Crippen LogP contribution in [0.25, 0.3) is 0 Å². The van der Waals surface area contributed by atoms with Crippen LogP contribution in [-0.2, 0) is 0 Å². The number of benzene rings is 2. The van der Waals surface area contributed by atoms with Crippen molar-refractivity contribution in [1.82, 2.24) is 0 Å². The van der Waals surface area contributed by atoms with Crippen LogP contribution in [0.4, 0.5) is 8.78 Å². The van der Waals surface area contributed by atoms with Crippen molar-refractivity contribution in [2.75, 3.05) is 0 Å². The molecule has 98 valence electrons. The van der Waals surface area contributed by atoms with Gasteiger partial charge in [0.1, 0.15) is 17.0 Å². The summed E-state index contributed by atoms with van der Waals surface area (Å²) in [5, 5.41) is -0.999. The second kappa shape index (κ2) is 5.68. The third kappa shape index (κ3) is 3.11. The second-order valence-corrected chi connectivity index (χ2v) is 4.75. The summed E-state index contributed by atoms with van der Waals surface area (Å²) in [6.45, 7) is 0. The van der Waals surface area contributed by atoms with E-state index in [4.69, 9.17) is 23.2 Å². The van der Waals surface area contributed by atoms with E-state index in [-0.39, 0.29) is 10.6 Å². The van der Waals surface area contributed by atoms with E-state index >= 15 is 0 Å². The van der Waals surface area contributed by atoms with Crippen molar-refractivity contribution >= 4 is 29.0 Å². The van der Waals surface area contributed by atoms with Gasteiger partial charge in [0.15, 0.2) is 5.78 Å². The van der Waals surface area contributed by atoms with Crippen LogP contribution in [0.1, 0.15) is 21.3 Å². The monoisotopic (exact) mass is 300 g/mol. The molecular weight excluding hydrogens is 293 g/mol. The molecule has 0 bridgehead atoms. The zero-order valence-electron chi connectivity index (χ0n) is 9.54. The van der Waals surface area contributed by atoms with Crippen LogP contribution in [0.2, 0.25) is 5.02 Å². The zero-order valence-corrected chi connectivity index (χ0v) is 11.1. The molecular formula is C14H8Cl2F2O. The maximum atomic E-state index is 12.9. The van der Waals surface area contributed by atoms with Gasteiger partial charge in [-0.15, -0.1) is 11.6 Å². The molecule has 0 heterocycles. The van der Waals surface area contributed by atoms with Gasteiger partial charge in [-0.2, -0.15) is 0 Å². The molecule has 0 aliphatic carbocycles. The van der Waals surface area contributed by atoms with Gasteiger partial charge in [0.25, 0.3) is 0 Å². The first-order chi connectivity index (χ1) is 8.99. The lowest BCUT2D eigenvalue weighted by Gasteiger charge is -2.10. The summed E-state index contributed by atoms with van der Waals surface area (Å²) in [6.07, 6.45) is 0. The minimum atomic E-state index is -0.997. The van der Waals surface area contributed by atoms with E-state index in [1.807, 2.05) is 0 Å². The van der Waals surface area contributed by atoms with Crippen molar-refractivity contribution < 1.29 is 13.6 Å². The SMILES string of the molecule is O=C(c1ccc(F)cc1Cl)C(Cl)c1ccc(F)cc1. The molecule has 0 aromatic heterocycles. The summed E-state index contributed by atoms with van der Waals surface area (Å²) in [6, 6.07) is 8.72. The molecule has 0 saturated carbocycles. The summed E-state index contributed by atoms with van der Waals surface area (Å²) in [5.41, 5.74) is 0.584. The Kier molecular flexibility index (Phi) is 4.17. The lowest BCUT2D eigenvalue weighted by Crippen LogP contribution is -2.08. The summed E-state index contributed by atoms with van der Waals surface area (Å²) in [7, 11) is 0. The van der Waals surface area contributed by atoms with E-state index in [9.17, 15) is 13.6 Å². The molecule has 2 aromatic carbocycles. The number of hydrogen-bond donors (Lipinski definition) is 0. The molecule has 5 heteroatoms. The maximum absolute atomic E-state index is 12.9. The van der Waals surface area contributed by atoms with E-state index in [1.54, 1.807) is 0 Å². The minimum absolute atomic E-state index is 0.00207. The van der Waals surface area contributed by atoms with Crippen LogP contribution < -0.4 is 0 Å². The van der Waals surface area contributed by atoms with Gasteiger partial charge in [-0.25, -0.2) is 8.78 Å². The Morgan fingerprint density at radius 2 is 1.58 bits per heavy atom. The number of hydrogen-bond acceptors (Lipinski definition) is 1. The molecule has 2 rings (SSSR count). The van der Waals surface area contributed by atoms with Gasteiger partial charge in [-0.05, 0) is 35.9 Å². The van der Waals surface area contributed by atoms with Crippen LogP contribution in [0, 0.1) is 11.6 Å². The van der Waals surface area contributed by atoms with Gasteiger partial charge < -0.3 is 0 Å². The predicted molar refractivity (Wildman–Crippen MR) is 70.7 cm³/mol. The quantitative estimate of drug-likeness (QED) is 0.589. The Labute approximate surface area is 118 Å². The Morgan fingerprint density at radius 1 is 1.00 bits per heavy atom. The first kappa shape index (κ1) is 14.0. The Morgan fingerprint density at radius 3 is 2.16 bits per heavy atom. The van der Waals surface area contributed by atoms with Gasteiger partial charge in [0, 0.05) is 5.56 Å². The van der Waals surface area contributed by atoms with Crippen LogP contribution >= 0.6 is 23.2 Å². The average molecular weight is 301 g/mol. The lowest BCUT2D eigenvalue weighted by molar-refractivity contribution is 0.0987. The largest absolute Gasteiger partial charge is 0.292 e. The number of carbonyl (C=O) groups excluding carboxylic acids is 1. The van der Waals surface area contributed by atoms with E-state index in [0.717, 1.165) is 12.1 Å². The van der Waals surface area contributed by atoms with Gasteiger partial charge in [0.2, 0.25) is 0 Å². The Hall–Kier alpha value is -1.45. The fraction of sp³-hybridized carbons (Fsp3) is 0.0714. The van der Waals surface area contributed by atoms with Gasteiger partial charge in [-0.3, -0.25) is 4.79 Å². The summed E-state index contributed by atoms with van der Waals surface area (Å²) in [5.74, 6) is -1.41. The predicted octanol–water partition coefficient (Wildman–Crippen LogP) is 4.78. The van der Waals surface area contributed by atoms with Crippen LogP contribution in [0.15, 0.2) is 42.5 Å². The fourth-order valence-electron chi connectivity index (χ4n) is 1.61. The van der Waals surface area contributed by atoms with E-state index in [2.05, 4.69) is 0 Å². The fourth-order valence-corrected chi connectivity index (χ4v) is 2.13. The number of carbonyl (C=O) groups is 1. The topological polar surface area (TPSA) is 17.1 Å². The summed E-state index contributed by atoms with van der Waals surface area (Å²) < 4.78 is 25.7. The molecule has 0 saturated heterocycles. The second-order valence-electron chi connectivity index (χ2n) is 3.90. The van der Waals surface area contributed by atoms with Crippen LogP contribution in [0.5, 0.6) is 0 Å². The Bertz CT molecular complexity index is 611. The minimum Gasteiger partial charge on any atom is -0.292 e. The molecule has 0 N–H and O–H groups in total. The first-order valence-corrected chi connectivity index (χ1v) is 6.19. The molecule has 0 radical (unpaired) electrons. The van der Waals surface area contributed by atoms with E-state index in [0.29, 0.717) is 5.56 Å². The molecule has 0 aliphatic rings. The Balaban J connectivity index is 2.30. The lowest BCUT2D eigenvalue weighted by atomic mass is 10.0. The van der Waals surface area contributed by atoms with Gasteiger partial charge in [-0.1, -0.05) is 23.7 Å². The zero-order chi connectivity index (χ0) is 14.0. The van der Waals surface area contributed by atoms with Crippen LogP contribution in [0.3, 0.4) is 0 Å². The molecule has 2 aromatic rings. The summed E-state index contributed by atoms with van der Waals surface area (Å²) >= 11 is 11.8. The van der Waals surface area contributed by atoms with E-state index in [1.165, 1.54) is 30.3 Å². The maximum Gasteiger partial charge on any atom is 0.186 e. The van der Waals surface area contributed by atoms with Crippen molar-refractivity contribution in [2.45, 2.75) is 5.38 Å². The molecule has 0 spiro atoms. The third-order valence-corrected chi connectivity index (χ3v) is 3.35. The molecule has 19 heavy (non-hydrogen) atoms. The highest BCUT2D eigenvalue weighted by Gasteiger charge is 2.21. The number of rotatable bonds is 3. The molecule has 0 fully saturated rings. The normalized spacial score (nSPS) is 12.2. The standard InChI is InChI=1S/C14H8Cl2F2O/c15-12-7-10(18)5-6-11(12)14(19)13(16)8-1-3-9(17)4-2-8/h1-7,13H. The van der Waals surface area contributed by atoms with Crippen molar-refractivity contribution in [1.29, 1.82) is 0 Å². The molecule has 1 unspecified atom stereocenters. The third-order valence-electron chi connectivity index (χ3n) is 2.59. The van der Waals surface area contributed by atoms with Crippen molar-refractivity contribution in [2.24, 2.45) is 0 Å². The molecule has 0 amide bonds. The highest BCUT2D eigenvalue weighted by molar-refractivity contribution is 6.38. The number of alkyl halides is 1. The number of ketones is 1. The first-order valence-electron chi connectivity index (χ1n) is 5.38. The van der Waals surface area contributed by atoms with Gasteiger partial charge >= 0.3 is 0 Å². The number of Topliss-reactive ketones (excluding diaryl/α,β-unsaturated/α-hetero) is 1.